The zero-order valence-electron chi connectivity index (χ0n) is 17.7. The van der Waals surface area contributed by atoms with Crippen LogP contribution in [-0.2, 0) is 0 Å². The number of halogens is 3. The number of nitrogens with zero attached hydrogens (tertiary/aromatic N) is 4. The molecule has 2 aromatic carbocycles. The van der Waals surface area contributed by atoms with Gasteiger partial charge in [-0.1, -0.05) is 0 Å². The van der Waals surface area contributed by atoms with Crippen LogP contribution in [0.25, 0.3) is 0 Å². The molecule has 0 unspecified atom stereocenters. The van der Waals surface area contributed by atoms with E-state index in [0.29, 0.717) is 0 Å². The molecule has 0 fully saturated rings. The molecule has 0 radical (unpaired) electrons. The van der Waals surface area contributed by atoms with Crippen molar-refractivity contribution in [2.24, 2.45) is 0 Å². The molecule has 180 valence electrons. The van der Waals surface area contributed by atoms with Gasteiger partial charge in [-0.25, -0.2) is 4.79 Å². The predicted molar refractivity (Wildman–Crippen MR) is 128 cm³/mol. The largest absolute Gasteiger partial charge is 0.508 e. The minimum atomic E-state index is -0.541. The zero-order chi connectivity index (χ0) is 25.9. The van der Waals surface area contributed by atoms with Gasteiger partial charge in [0.2, 0.25) is 0 Å². The Kier molecular flexibility index (Phi) is 13.0. The summed E-state index contributed by atoms with van der Waals surface area (Å²) in [6.07, 6.45) is -0.541. The van der Waals surface area contributed by atoms with E-state index in [0.717, 1.165) is 0 Å². The van der Waals surface area contributed by atoms with Crippen molar-refractivity contribution in [2.45, 2.75) is 0 Å². The summed E-state index contributed by atoms with van der Waals surface area (Å²) in [5.41, 5.74) is -0.132. The predicted octanol–water partition coefficient (Wildman–Crippen LogP) is 5.39. The number of aromatic hydroxyl groups is 1. The molecule has 0 atom stereocenters. The third kappa shape index (κ3) is 11.5. The maximum Gasteiger partial charge on any atom is 0.414 e. The molecule has 0 aliphatic rings. The van der Waals surface area contributed by atoms with Crippen LogP contribution in [0.5, 0.6) is 11.5 Å². The smallest absolute Gasteiger partial charge is 0.414 e. The Morgan fingerprint density at radius 3 is 1.67 bits per heavy atom. The van der Waals surface area contributed by atoms with Crippen LogP contribution < -0.4 is 4.74 Å². The molecule has 15 heteroatoms. The molecule has 2 aromatic rings. The summed E-state index contributed by atoms with van der Waals surface area (Å²) in [6, 6.07) is 7.78. The van der Waals surface area contributed by atoms with E-state index in [4.69, 9.17) is 21.4 Å². The highest BCUT2D eigenvalue weighted by Gasteiger charge is 2.14. The van der Waals surface area contributed by atoms with Crippen LogP contribution in [0.1, 0.15) is 0 Å². The molecule has 0 bridgehead atoms. The monoisotopic (exact) mass is 612 g/mol. The second-order valence-corrected chi connectivity index (χ2v) is 8.20. The van der Waals surface area contributed by atoms with Gasteiger partial charge >= 0.3 is 11.5 Å². The summed E-state index contributed by atoms with van der Waals surface area (Å²) in [5, 5.41) is 29.2. The first-order chi connectivity index (χ1) is 15.2. The number of carbonyl (C=O) groups is 2. The van der Waals surface area contributed by atoms with Gasteiger partial charge in [-0.3, -0.25) is 25.0 Å². The minimum Gasteiger partial charge on any atom is -0.508 e. The fraction of sp³-hybridized carbons (Fsp3) is 0.222. The number of carbonyl (C=O) groups excluding carboxylic acids is 2. The number of hydrogen-bond donors (Lipinski definition) is 1. The highest BCUT2D eigenvalue weighted by molar-refractivity contribution is 9.11. The number of benzene rings is 2. The molecule has 1 N–H and O–H groups in total. The van der Waals surface area contributed by atoms with Gasteiger partial charge in [-0.2, -0.15) is 0 Å². The average molecular weight is 615 g/mol. The van der Waals surface area contributed by atoms with E-state index < -0.39 is 21.3 Å². The molecule has 0 spiro atoms. The normalized spacial score (nSPS) is 9.30. The van der Waals surface area contributed by atoms with Crippen molar-refractivity contribution >= 4 is 66.3 Å². The van der Waals surface area contributed by atoms with Gasteiger partial charge in [0, 0.05) is 52.5 Å². The van der Waals surface area contributed by atoms with Gasteiger partial charge in [0.1, 0.15) is 11.5 Å². The van der Waals surface area contributed by atoms with Crippen molar-refractivity contribution in [3.8, 4) is 11.5 Å². The Morgan fingerprint density at radius 2 is 1.33 bits per heavy atom. The third-order valence-electron chi connectivity index (χ3n) is 3.17. The first kappa shape index (κ1) is 30.0. The van der Waals surface area contributed by atoms with E-state index in [1.807, 2.05) is 0 Å². The number of ether oxygens (including phenoxy) is 1. The molecule has 2 rings (SSSR count). The molecule has 12 nitrogen and oxygen atoms in total. The number of rotatable bonds is 3. The number of amides is 2. The van der Waals surface area contributed by atoms with E-state index in [-0.39, 0.29) is 31.8 Å². The first-order valence-electron chi connectivity index (χ1n) is 8.50. The summed E-state index contributed by atoms with van der Waals surface area (Å²) in [5.74, 6) is 0.249. The summed E-state index contributed by atoms with van der Waals surface area (Å²) in [4.78, 5) is 43.3. The first-order valence-corrected chi connectivity index (χ1v) is 10.5. The maximum atomic E-state index is 11.2. The SMILES string of the molecule is CN(C)C(=O)Cl.CN(C)C(=O)Oc1ccc([N+](=O)[O-])c(Br)c1.O=[N+]([O-])c1ccc(O)cc1Br. The van der Waals surface area contributed by atoms with Crippen molar-refractivity contribution in [1.29, 1.82) is 0 Å². The van der Waals surface area contributed by atoms with Crippen molar-refractivity contribution in [3.63, 3.8) is 0 Å². The van der Waals surface area contributed by atoms with Crippen LogP contribution in [0, 0.1) is 20.2 Å². The maximum absolute atomic E-state index is 11.2. The highest BCUT2D eigenvalue weighted by atomic mass is 79.9. The van der Waals surface area contributed by atoms with Gasteiger partial charge in [-0.05, 0) is 55.6 Å². The van der Waals surface area contributed by atoms with Crippen molar-refractivity contribution in [2.75, 3.05) is 28.2 Å². The van der Waals surface area contributed by atoms with E-state index in [2.05, 4.69) is 31.9 Å². The molecule has 0 heterocycles. The Labute approximate surface area is 210 Å². The van der Waals surface area contributed by atoms with Gasteiger partial charge in [0.05, 0.1) is 18.8 Å². The van der Waals surface area contributed by atoms with Crippen LogP contribution in [0.2, 0.25) is 0 Å². The van der Waals surface area contributed by atoms with E-state index in [9.17, 15) is 29.8 Å². The second kappa shape index (κ2) is 14.2. The molecule has 2 amide bonds. The fourth-order valence-electron chi connectivity index (χ4n) is 1.54. The van der Waals surface area contributed by atoms with Crippen LogP contribution in [0.3, 0.4) is 0 Å². The van der Waals surface area contributed by atoms with Crippen molar-refractivity contribution in [1.82, 2.24) is 9.80 Å². The Hall–Kier alpha value is -2.97. The second-order valence-electron chi connectivity index (χ2n) is 6.17. The summed E-state index contributed by atoms with van der Waals surface area (Å²) < 4.78 is 5.47. The van der Waals surface area contributed by atoms with Gasteiger partial charge in [-0.15, -0.1) is 0 Å². The molecule has 0 aliphatic carbocycles. The zero-order valence-corrected chi connectivity index (χ0v) is 21.6. The minimum absolute atomic E-state index is 0.00229. The molecule has 0 saturated carbocycles. The highest BCUT2D eigenvalue weighted by Crippen LogP contribution is 2.29. The van der Waals surface area contributed by atoms with E-state index in [1.165, 1.54) is 46.2 Å². The van der Waals surface area contributed by atoms with Crippen LogP contribution >= 0.6 is 43.5 Å². The van der Waals surface area contributed by atoms with Gasteiger partial charge < -0.3 is 19.6 Å². The number of nitro benzene ring substituents is 2. The van der Waals surface area contributed by atoms with Gasteiger partial charge in [0.25, 0.3) is 11.4 Å². The number of phenolic OH excluding ortho intramolecular Hbond substituents is 1. The topological polar surface area (TPSA) is 156 Å². The fourth-order valence-corrected chi connectivity index (χ4v) is 2.55. The number of phenols is 1. The summed E-state index contributed by atoms with van der Waals surface area (Å²) in [7, 11) is 6.27. The van der Waals surface area contributed by atoms with Crippen LogP contribution in [-0.4, -0.2) is 64.4 Å². The van der Waals surface area contributed by atoms with Crippen LogP contribution in [0.15, 0.2) is 45.3 Å². The molecule has 0 aliphatic heterocycles. The Bertz CT molecular complexity index is 1020. The quantitative estimate of drug-likeness (QED) is 0.209. The van der Waals surface area contributed by atoms with E-state index in [1.54, 1.807) is 28.2 Å². The molecule has 33 heavy (non-hydrogen) atoms. The summed E-state index contributed by atoms with van der Waals surface area (Å²) in [6.45, 7) is 0. The van der Waals surface area contributed by atoms with Gasteiger partial charge in [0.15, 0.2) is 0 Å². The molecular formula is C18H19Br2ClN4O8. The number of hydrogen-bond acceptors (Lipinski definition) is 8. The lowest BCUT2D eigenvalue weighted by Gasteiger charge is -2.10. The van der Waals surface area contributed by atoms with Crippen molar-refractivity contribution < 1.29 is 29.3 Å². The van der Waals surface area contributed by atoms with Crippen LogP contribution in [0.4, 0.5) is 21.0 Å². The van der Waals surface area contributed by atoms with E-state index >= 15 is 0 Å². The van der Waals surface area contributed by atoms with Crippen molar-refractivity contribution in [3.05, 3.63) is 65.6 Å². The lowest BCUT2D eigenvalue weighted by molar-refractivity contribution is -0.385. The number of nitro groups is 2. The lowest BCUT2D eigenvalue weighted by Crippen LogP contribution is -2.25. The Morgan fingerprint density at radius 1 is 0.909 bits per heavy atom. The summed E-state index contributed by atoms with van der Waals surface area (Å²) >= 11 is 10.9. The molecule has 0 saturated heterocycles. The average Bonchev–Trinajstić information content (AvgIpc) is 2.68. The molecule has 0 aromatic heterocycles. The molecular weight excluding hydrogens is 595 g/mol. The lowest BCUT2D eigenvalue weighted by atomic mass is 10.3. The third-order valence-corrected chi connectivity index (χ3v) is 4.77. The standard InChI is InChI=1S/C9H9BrN2O4.C6H4BrNO3.C3H6ClNO/c1-11(2)9(13)16-6-3-4-8(12(14)15)7(10)5-6;7-5-3-4(9)1-2-6(5)8(10)11;1-5(2)3(4)6/h3-5H,1-2H3;1-3,9H;1-2H3. The Balaban J connectivity index is 0.000000520.